The predicted molar refractivity (Wildman–Crippen MR) is 117 cm³/mol. The number of carbonyl (C=O) groups is 2. The minimum absolute atomic E-state index is 0.128. The number of esters is 1. The summed E-state index contributed by atoms with van der Waals surface area (Å²) in [7, 11) is 3.03. The van der Waals surface area contributed by atoms with Crippen molar-refractivity contribution in [2.24, 2.45) is 0 Å². The fourth-order valence-electron chi connectivity index (χ4n) is 3.14. The number of hydrogen-bond donors (Lipinski definition) is 0. The maximum absolute atomic E-state index is 12.7. The van der Waals surface area contributed by atoms with E-state index >= 15 is 0 Å². The van der Waals surface area contributed by atoms with Gasteiger partial charge in [-0.25, -0.2) is 4.79 Å². The van der Waals surface area contributed by atoms with Gasteiger partial charge in [-0.2, -0.15) is 0 Å². The first-order chi connectivity index (χ1) is 15.6. The molecule has 0 N–H and O–H groups in total. The molecule has 0 fully saturated rings. The highest BCUT2D eigenvalue weighted by atomic mass is 16.7. The van der Waals surface area contributed by atoms with Gasteiger partial charge in [0.15, 0.2) is 17.3 Å². The number of fused-ring (bicyclic) bond motifs is 1. The van der Waals surface area contributed by atoms with Gasteiger partial charge in [-0.15, -0.1) is 0 Å². The van der Waals surface area contributed by atoms with Crippen LogP contribution < -0.4 is 23.7 Å². The standard InChI is InChI=1S/C25H20O7/c1-28-18-8-11-22(29-2)20(14-18)21(26)9-6-16-4-3-5-19(12-16)32-25(27)17-7-10-23-24(13-17)31-15-30-23/h3-14H,15H2,1-2H3/b9-6+. The molecule has 3 aromatic carbocycles. The van der Waals surface area contributed by atoms with E-state index in [2.05, 4.69) is 0 Å². The fraction of sp³-hybridized carbons (Fsp3) is 0.120. The van der Waals surface area contributed by atoms with Gasteiger partial charge >= 0.3 is 5.97 Å². The minimum Gasteiger partial charge on any atom is -0.497 e. The predicted octanol–water partition coefficient (Wildman–Crippen LogP) is 4.55. The molecule has 7 heteroatoms. The van der Waals surface area contributed by atoms with Crippen molar-refractivity contribution in [1.29, 1.82) is 0 Å². The number of ether oxygens (including phenoxy) is 5. The van der Waals surface area contributed by atoms with E-state index in [-0.39, 0.29) is 12.6 Å². The summed E-state index contributed by atoms with van der Waals surface area (Å²) in [6.45, 7) is 0.128. The van der Waals surface area contributed by atoms with Crippen LogP contribution in [0.15, 0.2) is 66.7 Å². The quantitative estimate of drug-likeness (QED) is 0.235. The largest absolute Gasteiger partial charge is 0.497 e. The monoisotopic (exact) mass is 432 g/mol. The van der Waals surface area contributed by atoms with Crippen LogP contribution in [0, 0.1) is 0 Å². The lowest BCUT2D eigenvalue weighted by molar-refractivity contribution is 0.0734. The van der Waals surface area contributed by atoms with E-state index in [0.29, 0.717) is 45.4 Å². The summed E-state index contributed by atoms with van der Waals surface area (Å²) in [6.07, 6.45) is 3.06. The normalized spacial score (nSPS) is 11.9. The molecule has 0 aromatic heterocycles. The molecule has 0 spiro atoms. The molecule has 0 radical (unpaired) electrons. The Bertz CT molecular complexity index is 1200. The number of methoxy groups -OCH3 is 2. The molecule has 0 aliphatic carbocycles. The lowest BCUT2D eigenvalue weighted by Crippen LogP contribution is -2.08. The molecule has 1 aliphatic heterocycles. The maximum Gasteiger partial charge on any atom is 0.343 e. The molecule has 32 heavy (non-hydrogen) atoms. The van der Waals surface area contributed by atoms with Crippen molar-refractivity contribution in [2.45, 2.75) is 0 Å². The summed E-state index contributed by atoms with van der Waals surface area (Å²) in [5, 5.41) is 0. The van der Waals surface area contributed by atoms with E-state index in [1.165, 1.54) is 20.3 Å². The van der Waals surface area contributed by atoms with Crippen LogP contribution in [-0.2, 0) is 0 Å². The van der Waals surface area contributed by atoms with Crippen LogP contribution in [0.2, 0.25) is 0 Å². The van der Waals surface area contributed by atoms with E-state index in [4.69, 9.17) is 23.7 Å². The van der Waals surface area contributed by atoms with Gasteiger partial charge in [0.2, 0.25) is 6.79 Å². The topological polar surface area (TPSA) is 80.3 Å². The highest BCUT2D eigenvalue weighted by Gasteiger charge is 2.17. The molecule has 0 amide bonds. The van der Waals surface area contributed by atoms with E-state index in [0.717, 1.165) is 0 Å². The number of hydrogen-bond acceptors (Lipinski definition) is 7. The molecule has 4 rings (SSSR count). The number of benzene rings is 3. The molecular weight excluding hydrogens is 412 g/mol. The van der Waals surface area contributed by atoms with Crippen LogP contribution in [0.5, 0.6) is 28.7 Å². The Morgan fingerprint density at radius 1 is 0.875 bits per heavy atom. The summed E-state index contributed by atoms with van der Waals surface area (Å²) in [6, 6.07) is 16.7. The third-order valence-electron chi connectivity index (χ3n) is 4.78. The van der Waals surface area contributed by atoms with Gasteiger partial charge in [-0.1, -0.05) is 18.2 Å². The Hall–Kier alpha value is -4.26. The van der Waals surface area contributed by atoms with Gasteiger partial charge in [-0.05, 0) is 60.2 Å². The number of rotatable bonds is 7. The summed E-state index contributed by atoms with van der Waals surface area (Å²) < 4.78 is 26.5. The summed E-state index contributed by atoms with van der Waals surface area (Å²) in [5.41, 5.74) is 1.42. The van der Waals surface area contributed by atoms with Gasteiger partial charge < -0.3 is 23.7 Å². The molecule has 1 aliphatic rings. The van der Waals surface area contributed by atoms with Crippen molar-refractivity contribution in [3.05, 3.63) is 83.4 Å². The van der Waals surface area contributed by atoms with Gasteiger partial charge in [0.1, 0.15) is 17.2 Å². The van der Waals surface area contributed by atoms with E-state index < -0.39 is 5.97 Å². The molecule has 1 heterocycles. The second-order valence-corrected chi connectivity index (χ2v) is 6.79. The Morgan fingerprint density at radius 3 is 2.53 bits per heavy atom. The average molecular weight is 432 g/mol. The van der Waals surface area contributed by atoms with Crippen LogP contribution in [0.1, 0.15) is 26.3 Å². The van der Waals surface area contributed by atoms with Crippen molar-refractivity contribution in [3.8, 4) is 28.7 Å². The van der Waals surface area contributed by atoms with Crippen LogP contribution in [0.4, 0.5) is 0 Å². The average Bonchev–Trinajstić information content (AvgIpc) is 3.30. The van der Waals surface area contributed by atoms with Crippen LogP contribution >= 0.6 is 0 Å². The van der Waals surface area contributed by atoms with Gasteiger partial charge in [0, 0.05) is 0 Å². The van der Waals surface area contributed by atoms with Crippen LogP contribution in [-0.4, -0.2) is 32.8 Å². The fourth-order valence-corrected chi connectivity index (χ4v) is 3.14. The van der Waals surface area contributed by atoms with Crippen molar-refractivity contribution in [1.82, 2.24) is 0 Å². The Labute approximate surface area is 184 Å². The van der Waals surface area contributed by atoms with Crippen LogP contribution in [0.3, 0.4) is 0 Å². The van der Waals surface area contributed by atoms with Gasteiger partial charge in [-0.3, -0.25) is 4.79 Å². The minimum atomic E-state index is -0.526. The molecule has 3 aromatic rings. The Balaban J connectivity index is 1.48. The number of ketones is 1. The van der Waals surface area contributed by atoms with Crippen molar-refractivity contribution in [2.75, 3.05) is 21.0 Å². The second kappa shape index (κ2) is 9.26. The first-order valence-corrected chi connectivity index (χ1v) is 9.73. The van der Waals surface area contributed by atoms with E-state index in [1.807, 2.05) is 0 Å². The summed E-state index contributed by atoms with van der Waals surface area (Å²) in [5.74, 6) is 1.67. The zero-order valence-corrected chi connectivity index (χ0v) is 17.5. The number of carbonyl (C=O) groups excluding carboxylic acids is 2. The SMILES string of the molecule is COc1ccc(OC)c(C(=O)/C=C/c2cccc(OC(=O)c3ccc4c(c3)OCO4)c2)c1. The Kier molecular flexibility index (Phi) is 6.07. The molecule has 0 unspecified atom stereocenters. The third-order valence-corrected chi connectivity index (χ3v) is 4.78. The number of allylic oxidation sites excluding steroid dienone is 1. The smallest absolute Gasteiger partial charge is 0.343 e. The first kappa shape index (κ1) is 21.0. The molecular formula is C25H20O7. The van der Waals surface area contributed by atoms with E-state index in [1.54, 1.807) is 66.7 Å². The molecule has 0 saturated heterocycles. The Morgan fingerprint density at radius 2 is 1.72 bits per heavy atom. The highest BCUT2D eigenvalue weighted by molar-refractivity contribution is 6.09. The summed E-state index contributed by atoms with van der Waals surface area (Å²) >= 11 is 0. The molecule has 162 valence electrons. The molecule has 0 bridgehead atoms. The summed E-state index contributed by atoms with van der Waals surface area (Å²) in [4.78, 5) is 25.2. The third kappa shape index (κ3) is 4.57. The zero-order chi connectivity index (χ0) is 22.5. The van der Waals surface area contributed by atoms with Crippen LogP contribution in [0.25, 0.3) is 6.08 Å². The molecule has 0 atom stereocenters. The van der Waals surface area contributed by atoms with Gasteiger partial charge in [0.05, 0.1) is 25.3 Å². The maximum atomic E-state index is 12.7. The van der Waals surface area contributed by atoms with Crippen molar-refractivity contribution in [3.63, 3.8) is 0 Å². The molecule has 0 saturated carbocycles. The first-order valence-electron chi connectivity index (χ1n) is 9.73. The zero-order valence-electron chi connectivity index (χ0n) is 17.5. The van der Waals surface area contributed by atoms with E-state index in [9.17, 15) is 9.59 Å². The lowest BCUT2D eigenvalue weighted by atomic mass is 10.1. The van der Waals surface area contributed by atoms with Gasteiger partial charge in [0.25, 0.3) is 0 Å². The van der Waals surface area contributed by atoms with Crippen molar-refractivity contribution >= 4 is 17.8 Å². The molecule has 7 nitrogen and oxygen atoms in total. The highest BCUT2D eigenvalue weighted by Crippen LogP contribution is 2.33. The van der Waals surface area contributed by atoms with Crippen molar-refractivity contribution < 1.29 is 33.3 Å². The second-order valence-electron chi connectivity index (χ2n) is 6.79. The lowest BCUT2D eigenvalue weighted by Gasteiger charge is -2.08.